The summed E-state index contributed by atoms with van der Waals surface area (Å²) in [5.74, 6) is -0.918. The molecule has 1 atom stereocenters. The highest BCUT2D eigenvalue weighted by Gasteiger charge is 2.33. The van der Waals surface area contributed by atoms with Gasteiger partial charge in [-0.25, -0.2) is 4.98 Å². The van der Waals surface area contributed by atoms with E-state index in [1.54, 1.807) is 0 Å². The van der Waals surface area contributed by atoms with Gasteiger partial charge in [-0.3, -0.25) is 4.79 Å². The molecule has 1 saturated heterocycles. The van der Waals surface area contributed by atoms with E-state index in [0.29, 0.717) is 6.54 Å². The Balaban J connectivity index is 2.29. The molecule has 0 aromatic carbocycles. The quantitative estimate of drug-likeness (QED) is 0.784. The number of rotatable bonds is 3. The van der Waals surface area contributed by atoms with Gasteiger partial charge >= 0.3 is 6.18 Å². The first-order valence-electron chi connectivity index (χ1n) is 6.23. The Bertz CT molecular complexity index is 498. The zero-order valence-corrected chi connectivity index (χ0v) is 10.6. The van der Waals surface area contributed by atoms with Gasteiger partial charge in [-0.15, -0.1) is 0 Å². The van der Waals surface area contributed by atoms with Gasteiger partial charge < -0.3 is 16.4 Å². The second-order valence-corrected chi connectivity index (χ2v) is 4.64. The van der Waals surface area contributed by atoms with Gasteiger partial charge in [0.05, 0.1) is 5.56 Å². The second kappa shape index (κ2) is 5.66. The minimum absolute atomic E-state index is 0.0384. The first kappa shape index (κ1) is 14.6. The van der Waals surface area contributed by atoms with E-state index in [1.807, 2.05) is 0 Å². The molecule has 1 fully saturated rings. The Hall–Kier alpha value is -1.83. The maximum atomic E-state index is 12.7. The number of amides is 1. The van der Waals surface area contributed by atoms with E-state index in [0.717, 1.165) is 31.5 Å². The average Bonchev–Trinajstić information content (AvgIpc) is 2.38. The van der Waals surface area contributed by atoms with Crippen LogP contribution in [-0.2, 0) is 6.18 Å². The number of nitrogens with one attached hydrogen (secondary N) is 2. The number of nitrogens with zero attached hydrogens (tertiary/aromatic N) is 1. The molecule has 0 radical (unpaired) electrons. The van der Waals surface area contributed by atoms with Crippen LogP contribution in [0.2, 0.25) is 0 Å². The van der Waals surface area contributed by atoms with Gasteiger partial charge in [-0.2, -0.15) is 13.2 Å². The highest BCUT2D eigenvalue weighted by molar-refractivity contribution is 5.97. The van der Waals surface area contributed by atoms with Crippen molar-refractivity contribution in [3.05, 3.63) is 23.4 Å². The van der Waals surface area contributed by atoms with E-state index in [1.165, 1.54) is 0 Å². The number of alkyl halides is 3. The predicted octanol–water partition coefficient (Wildman–Crippen LogP) is 1.36. The number of aromatic nitrogens is 1. The third kappa shape index (κ3) is 3.38. The summed E-state index contributed by atoms with van der Waals surface area (Å²) in [7, 11) is 0. The third-order valence-electron chi connectivity index (χ3n) is 3.09. The minimum Gasteiger partial charge on any atom is -0.365 e. The van der Waals surface area contributed by atoms with Crippen molar-refractivity contribution < 1.29 is 18.0 Å². The van der Waals surface area contributed by atoms with Gasteiger partial charge in [-0.05, 0) is 31.5 Å². The number of nitrogens with two attached hydrogens (primary N) is 1. The molecule has 1 aromatic heterocycles. The number of pyridine rings is 1. The molecule has 4 N–H and O–H groups in total. The Kier molecular flexibility index (Phi) is 4.12. The van der Waals surface area contributed by atoms with Crippen LogP contribution in [0.1, 0.15) is 28.9 Å². The lowest BCUT2D eigenvalue weighted by Crippen LogP contribution is -2.39. The van der Waals surface area contributed by atoms with Crippen LogP contribution in [0.5, 0.6) is 0 Å². The molecule has 0 saturated carbocycles. The Morgan fingerprint density at radius 1 is 1.45 bits per heavy atom. The summed E-state index contributed by atoms with van der Waals surface area (Å²) in [6.45, 7) is 1.48. The van der Waals surface area contributed by atoms with Crippen molar-refractivity contribution in [1.29, 1.82) is 0 Å². The minimum atomic E-state index is -4.56. The van der Waals surface area contributed by atoms with E-state index in [9.17, 15) is 18.0 Å². The molecule has 110 valence electrons. The summed E-state index contributed by atoms with van der Waals surface area (Å²) < 4.78 is 38.0. The molecule has 1 amide bonds. The fourth-order valence-corrected chi connectivity index (χ4v) is 2.09. The SMILES string of the molecule is NC(=O)c1ccc(C(F)(F)F)nc1NC1CCCNC1. The number of carbonyl (C=O) groups excluding carboxylic acids is 1. The average molecular weight is 288 g/mol. The van der Waals surface area contributed by atoms with E-state index in [-0.39, 0.29) is 17.4 Å². The van der Waals surface area contributed by atoms with Gasteiger partial charge in [-0.1, -0.05) is 0 Å². The Labute approximate surface area is 113 Å². The van der Waals surface area contributed by atoms with Crippen LogP contribution in [-0.4, -0.2) is 30.0 Å². The molecule has 5 nitrogen and oxygen atoms in total. The number of carbonyl (C=O) groups is 1. The molecule has 1 aromatic rings. The van der Waals surface area contributed by atoms with Crippen molar-refractivity contribution >= 4 is 11.7 Å². The fourth-order valence-electron chi connectivity index (χ4n) is 2.09. The Morgan fingerprint density at radius 3 is 2.75 bits per heavy atom. The number of hydrogen-bond donors (Lipinski definition) is 3. The number of anilines is 1. The maximum absolute atomic E-state index is 12.7. The first-order chi connectivity index (χ1) is 9.38. The monoisotopic (exact) mass is 288 g/mol. The van der Waals surface area contributed by atoms with Crippen molar-refractivity contribution in [2.24, 2.45) is 5.73 Å². The van der Waals surface area contributed by atoms with Crippen LogP contribution >= 0.6 is 0 Å². The second-order valence-electron chi connectivity index (χ2n) is 4.64. The van der Waals surface area contributed by atoms with E-state index in [2.05, 4.69) is 15.6 Å². The molecule has 2 rings (SSSR count). The molecule has 0 aliphatic carbocycles. The summed E-state index contributed by atoms with van der Waals surface area (Å²) >= 11 is 0. The van der Waals surface area contributed by atoms with Gasteiger partial charge in [0.25, 0.3) is 5.91 Å². The molecule has 0 bridgehead atoms. The van der Waals surface area contributed by atoms with Crippen molar-refractivity contribution in [2.45, 2.75) is 25.1 Å². The molecule has 1 aliphatic rings. The van der Waals surface area contributed by atoms with Crippen molar-refractivity contribution in [1.82, 2.24) is 10.3 Å². The number of halogens is 3. The summed E-state index contributed by atoms with van der Waals surface area (Å²) in [6, 6.07) is 1.74. The lowest BCUT2D eigenvalue weighted by Gasteiger charge is -2.25. The van der Waals surface area contributed by atoms with Crippen molar-refractivity contribution in [3.63, 3.8) is 0 Å². The predicted molar refractivity (Wildman–Crippen MR) is 67.3 cm³/mol. The third-order valence-corrected chi connectivity index (χ3v) is 3.09. The number of primary amides is 1. The Morgan fingerprint density at radius 2 is 2.20 bits per heavy atom. The zero-order valence-electron chi connectivity index (χ0n) is 10.6. The normalized spacial score (nSPS) is 19.6. The first-order valence-corrected chi connectivity index (χ1v) is 6.23. The van der Waals surface area contributed by atoms with Gasteiger partial charge in [0, 0.05) is 12.6 Å². The molecule has 0 spiro atoms. The smallest absolute Gasteiger partial charge is 0.365 e. The molecule has 2 heterocycles. The molecular weight excluding hydrogens is 273 g/mol. The highest BCUT2D eigenvalue weighted by atomic mass is 19.4. The summed E-state index contributed by atoms with van der Waals surface area (Å²) in [5.41, 5.74) is 4.08. The highest BCUT2D eigenvalue weighted by Crippen LogP contribution is 2.29. The van der Waals surface area contributed by atoms with Crippen LogP contribution < -0.4 is 16.4 Å². The molecule has 20 heavy (non-hydrogen) atoms. The summed E-state index contributed by atoms with van der Waals surface area (Å²) in [6.07, 6.45) is -2.86. The largest absolute Gasteiger partial charge is 0.433 e. The lowest BCUT2D eigenvalue weighted by atomic mass is 10.1. The summed E-state index contributed by atoms with van der Waals surface area (Å²) in [4.78, 5) is 14.8. The van der Waals surface area contributed by atoms with Crippen LogP contribution in [0, 0.1) is 0 Å². The maximum Gasteiger partial charge on any atom is 0.433 e. The van der Waals surface area contributed by atoms with Crippen LogP contribution in [0.3, 0.4) is 0 Å². The molecular formula is C12H15F3N4O. The molecule has 8 heteroatoms. The van der Waals surface area contributed by atoms with Crippen LogP contribution in [0.25, 0.3) is 0 Å². The van der Waals surface area contributed by atoms with E-state index in [4.69, 9.17) is 5.73 Å². The summed E-state index contributed by atoms with van der Waals surface area (Å²) in [5, 5.41) is 5.99. The lowest BCUT2D eigenvalue weighted by molar-refractivity contribution is -0.141. The van der Waals surface area contributed by atoms with E-state index < -0.39 is 17.8 Å². The number of piperidine rings is 1. The van der Waals surface area contributed by atoms with Crippen molar-refractivity contribution in [3.8, 4) is 0 Å². The fraction of sp³-hybridized carbons (Fsp3) is 0.500. The van der Waals surface area contributed by atoms with E-state index >= 15 is 0 Å². The zero-order chi connectivity index (χ0) is 14.8. The van der Waals surface area contributed by atoms with Crippen LogP contribution in [0.15, 0.2) is 12.1 Å². The van der Waals surface area contributed by atoms with Gasteiger partial charge in [0.1, 0.15) is 11.5 Å². The van der Waals surface area contributed by atoms with Crippen molar-refractivity contribution in [2.75, 3.05) is 18.4 Å². The molecule has 1 aliphatic heterocycles. The number of hydrogen-bond acceptors (Lipinski definition) is 4. The standard InChI is InChI=1S/C12H15F3N4O/c13-12(14,15)9-4-3-8(10(16)20)11(19-9)18-7-2-1-5-17-6-7/h3-4,7,17H,1-2,5-6H2,(H2,16,20)(H,18,19). The van der Waals surface area contributed by atoms with Gasteiger partial charge in [0.15, 0.2) is 0 Å². The van der Waals surface area contributed by atoms with Gasteiger partial charge in [0.2, 0.25) is 0 Å². The topological polar surface area (TPSA) is 80.0 Å². The molecule has 1 unspecified atom stereocenters. The van der Waals surface area contributed by atoms with Crippen LogP contribution in [0.4, 0.5) is 19.0 Å².